The number of fused-ring (bicyclic) bond motifs is 1. The molecule has 1 aromatic carbocycles. The highest BCUT2D eigenvalue weighted by molar-refractivity contribution is 5.40. The van der Waals surface area contributed by atoms with Crippen LogP contribution < -0.4 is 0 Å². The first kappa shape index (κ1) is 14.5. The van der Waals surface area contributed by atoms with Crippen molar-refractivity contribution in [1.29, 1.82) is 0 Å². The second kappa shape index (κ2) is 4.29. The van der Waals surface area contributed by atoms with Crippen molar-refractivity contribution in [2.24, 2.45) is 0 Å². The molecule has 0 amide bonds. The van der Waals surface area contributed by atoms with Crippen LogP contribution in [-0.2, 0) is 12.0 Å². The van der Waals surface area contributed by atoms with Gasteiger partial charge >= 0.3 is 0 Å². The normalized spacial score (nSPS) is 20.7. The van der Waals surface area contributed by atoms with Crippen molar-refractivity contribution >= 4 is 0 Å². The van der Waals surface area contributed by atoms with Crippen molar-refractivity contribution in [3.8, 4) is 0 Å². The van der Waals surface area contributed by atoms with Gasteiger partial charge in [0, 0.05) is 23.2 Å². The molecular weight excluding hydrogens is 241 g/mol. The molecule has 1 N–H and O–H groups in total. The van der Waals surface area contributed by atoms with Crippen LogP contribution in [0.1, 0.15) is 64.5 Å². The Morgan fingerprint density at radius 2 is 1.74 bits per heavy atom. The van der Waals surface area contributed by atoms with Crippen LogP contribution in [0.4, 0.5) is 4.39 Å². The van der Waals surface area contributed by atoms with E-state index in [2.05, 4.69) is 20.8 Å². The lowest BCUT2D eigenvalue weighted by molar-refractivity contribution is -0.0435. The number of hydrogen-bond donors (Lipinski definition) is 1. The summed E-state index contributed by atoms with van der Waals surface area (Å²) in [5.74, 6) is -0.201. The van der Waals surface area contributed by atoms with E-state index in [9.17, 15) is 9.50 Å². The molecule has 0 spiro atoms. The van der Waals surface area contributed by atoms with Gasteiger partial charge in [-0.3, -0.25) is 4.90 Å². The van der Waals surface area contributed by atoms with Gasteiger partial charge in [0.1, 0.15) is 12.0 Å². The van der Waals surface area contributed by atoms with E-state index >= 15 is 0 Å². The maximum Gasteiger partial charge on any atom is 0.134 e. The summed E-state index contributed by atoms with van der Waals surface area (Å²) in [5.41, 5.74) is 1.98. The Hall–Kier alpha value is -0.930. The molecule has 0 saturated carbocycles. The molecule has 1 heterocycles. The second-order valence-electron chi connectivity index (χ2n) is 7.45. The molecule has 19 heavy (non-hydrogen) atoms. The number of benzene rings is 1. The van der Waals surface area contributed by atoms with Crippen molar-refractivity contribution in [1.82, 2.24) is 4.90 Å². The minimum absolute atomic E-state index is 0.120. The Bertz CT molecular complexity index is 497. The smallest absolute Gasteiger partial charge is 0.134 e. The molecule has 3 heteroatoms. The first-order valence-corrected chi connectivity index (χ1v) is 6.79. The van der Waals surface area contributed by atoms with Gasteiger partial charge in [0.15, 0.2) is 0 Å². The lowest BCUT2D eigenvalue weighted by Gasteiger charge is -2.34. The number of aliphatic hydroxyl groups is 1. The fourth-order valence-corrected chi connectivity index (χ4v) is 2.52. The number of halogens is 1. The molecular formula is C16H24FNO. The third-order valence-corrected chi connectivity index (χ3v) is 3.86. The predicted octanol–water partition coefficient (Wildman–Crippen LogP) is 3.73. The van der Waals surface area contributed by atoms with Gasteiger partial charge in [0.25, 0.3) is 0 Å². The molecule has 1 aliphatic rings. The van der Waals surface area contributed by atoms with Crippen LogP contribution in [0.3, 0.4) is 0 Å². The van der Waals surface area contributed by atoms with E-state index in [-0.39, 0.29) is 16.8 Å². The lowest BCUT2D eigenvalue weighted by atomic mass is 9.85. The number of rotatable bonds is 0. The molecule has 106 valence electrons. The number of hydrogen-bond acceptors (Lipinski definition) is 2. The molecule has 2 nitrogen and oxygen atoms in total. The van der Waals surface area contributed by atoms with Gasteiger partial charge in [0.05, 0.1) is 0 Å². The van der Waals surface area contributed by atoms with Crippen molar-refractivity contribution in [2.45, 2.75) is 65.3 Å². The Kier molecular flexibility index (Phi) is 3.27. The van der Waals surface area contributed by atoms with E-state index in [4.69, 9.17) is 0 Å². The third-order valence-electron chi connectivity index (χ3n) is 3.86. The Morgan fingerprint density at radius 1 is 1.16 bits per heavy atom. The molecule has 0 aromatic heterocycles. The van der Waals surface area contributed by atoms with Gasteiger partial charge in [-0.25, -0.2) is 4.39 Å². The first-order chi connectivity index (χ1) is 8.51. The minimum Gasteiger partial charge on any atom is -0.374 e. The van der Waals surface area contributed by atoms with Crippen LogP contribution in [0.25, 0.3) is 0 Å². The van der Waals surface area contributed by atoms with Gasteiger partial charge in [-0.2, -0.15) is 0 Å². The molecule has 0 aliphatic carbocycles. The SMILES string of the molecule is CC(C)(C)c1cc(F)c2c(c1)C(O)N(C(C)(C)C)C2. The van der Waals surface area contributed by atoms with Crippen LogP contribution in [0.5, 0.6) is 0 Å². The van der Waals surface area contributed by atoms with Gasteiger partial charge in [-0.15, -0.1) is 0 Å². The number of nitrogens with zero attached hydrogens (tertiary/aromatic N) is 1. The summed E-state index contributed by atoms with van der Waals surface area (Å²) in [6.07, 6.45) is -0.716. The summed E-state index contributed by atoms with van der Waals surface area (Å²) >= 11 is 0. The highest BCUT2D eigenvalue weighted by Gasteiger charge is 2.38. The Balaban J connectivity index is 2.50. The average molecular weight is 265 g/mol. The topological polar surface area (TPSA) is 23.5 Å². The minimum atomic E-state index is -0.716. The van der Waals surface area contributed by atoms with E-state index in [0.717, 1.165) is 11.1 Å². The molecule has 1 aliphatic heterocycles. The third kappa shape index (κ3) is 2.54. The van der Waals surface area contributed by atoms with Gasteiger partial charge in [0.2, 0.25) is 0 Å². The van der Waals surface area contributed by atoms with Crippen LogP contribution in [0.15, 0.2) is 12.1 Å². The fraction of sp³-hybridized carbons (Fsp3) is 0.625. The van der Waals surface area contributed by atoms with E-state index < -0.39 is 6.23 Å². The summed E-state index contributed by atoms with van der Waals surface area (Å²) in [7, 11) is 0. The standard InChI is InChI=1S/C16H24FNO/c1-15(2,3)10-7-11-12(13(17)8-10)9-18(14(11)19)16(4,5)6/h7-8,14,19H,9H2,1-6H3. The van der Waals surface area contributed by atoms with E-state index in [1.165, 1.54) is 0 Å². The molecule has 0 bridgehead atoms. The van der Waals surface area contributed by atoms with Gasteiger partial charge in [-0.1, -0.05) is 26.8 Å². The van der Waals surface area contributed by atoms with E-state index in [1.807, 2.05) is 31.7 Å². The van der Waals surface area contributed by atoms with Gasteiger partial charge < -0.3 is 5.11 Å². The van der Waals surface area contributed by atoms with Crippen molar-refractivity contribution in [3.63, 3.8) is 0 Å². The maximum absolute atomic E-state index is 14.3. The van der Waals surface area contributed by atoms with E-state index in [1.54, 1.807) is 6.07 Å². The van der Waals surface area contributed by atoms with Crippen molar-refractivity contribution in [2.75, 3.05) is 0 Å². The Labute approximate surface area is 115 Å². The Morgan fingerprint density at radius 3 is 2.21 bits per heavy atom. The molecule has 1 atom stereocenters. The second-order valence-corrected chi connectivity index (χ2v) is 7.45. The van der Waals surface area contributed by atoms with Gasteiger partial charge in [-0.05, 0) is 37.8 Å². The zero-order chi connectivity index (χ0) is 14.6. The molecule has 0 radical (unpaired) electrons. The first-order valence-electron chi connectivity index (χ1n) is 6.79. The summed E-state index contributed by atoms with van der Waals surface area (Å²) in [6, 6.07) is 3.56. The monoisotopic (exact) mass is 265 g/mol. The molecule has 1 unspecified atom stereocenters. The molecule has 1 aromatic rings. The maximum atomic E-state index is 14.3. The fourth-order valence-electron chi connectivity index (χ4n) is 2.52. The van der Waals surface area contributed by atoms with Crippen LogP contribution in [0.2, 0.25) is 0 Å². The largest absolute Gasteiger partial charge is 0.374 e. The van der Waals surface area contributed by atoms with Crippen LogP contribution in [-0.4, -0.2) is 15.5 Å². The molecule has 2 rings (SSSR count). The predicted molar refractivity (Wildman–Crippen MR) is 75.4 cm³/mol. The lowest BCUT2D eigenvalue weighted by Crippen LogP contribution is -2.39. The zero-order valence-corrected chi connectivity index (χ0v) is 12.7. The van der Waals surface area contributed by atoms with Crippen LogP contribution in [0, 0.1) is 5.82 Å². The summed E-state index contributed by atoms with van der Waals surface area (Å²) in [5, 5.41) is 10.5. The molecule has 0 saturated heterocycles. The average Bonchev–Trinajstić information content (AvgIpc) is 2.55. The quantitative estimate of drug-likeness (QED) is 0.772. The van der Waals surface area contributed by atoms with Crippen molar-refractivity contribution in [3.05, 3.63) is 34.6 Å². The highest BCUT2D eigenvalue weighted by atomic mass is 19.1. The summed E-state index contributed by atoms with van der Waals surface area (Å²) < 4.78 is 14.3. The summed E-state index contributed by atoms with van der Waals surface area (Å²) in [6.45, 7) is 12.7. The van der Waals surface area contributed by atoms with E-state index in [0.29, 0.717) is 12.1 Å². The zero-order valence-electron chi connectivity index (χ0n) is 12.7. The van der Waals surface area contributed by atoms with Crippen molar-refractivity contribution < 1.29 is 9.50 Å². The number of aliphatic hydroxyl groups excluding tert-OH is 1. The summed E-state index contributed by atoms with van der Waals surface area (Å²) in [4.78, 5) is 1.92. The van der Waals surface area contributed by atoms with Crippen LogP contribution >= 0.6 is 0 Å². The highest BCUT2D eigenvalue weighted by Crippen LogP contribution is 2.40. The molecule has 0 fully saturated rings.